The molecule has 0 amide bonds. The summed E-state index contributed by atoms with van der Waals surface area (Å²) in [5.41, 5.74) is 5.73. The fourth-order valence-corrected chi connectivity index (χ4v) is 2.64. The van der Waals surface area contributed by atoms with E-state index in [0.29, 0.717) is 5.92 Å². The summed E-state index contributed by atoms with van der Waals surface area (Å²) in [5, 5.41) is 1.12. The molecule has 0 saturated carbocycles. The lowest BCUT2D eigenvalue weighted by Crippen LogP contribution is -1.96. The van der Waals surface area contributed by atoms with Gasteiger partial charge in [-0.25, -0.2) is 9.97 Å². The van der Waals surface area contributed by atoms with Crippen molar-refractivity contribution in [3.05, 3.63) is 59.3 Å². The molecule has 0 N–H and O–H groups in total. The van der Waals surface area contributed by atoms with Crippen LogP contribution in [-0.4, -0.2) is 9.97 Å². The van der Waals surface area contributed by atoms with Crippen molar-refractivity contribution < 1.29 is 0 Å². The molecule has 0 fully saturated rings. The molecular weight excluding hydrogens is 256 g/mol. The average Bonchev–Trinajstić information content (AvgIpc) is 2.46. The van der Waals surface area contributed by atoms with Gasteiger partial charge in [-0.2, -0.15) is 0 Å². The third-order valence-electron chi connectivity index (χ3n) is 3.82. The molecule has 1 aromatic heterocycles. The molecule has 0 aliphatic carbocycles. The smallest absolute Gasteiger partial charge is 0.160 e. The Bertz CT molecular complexity index is 804. The van der Waals surface area contributed by atoms with Crippen LogP contribution in [0, 0.1) is 13.8 Å². The van der Waals surface area contributed by atoms with Gasteiger partial charge in [-0.05, 0) is 43.5 Å². The number of fused-ring (bicyclic) bond motifs is 1. The van der Waals surface area contributed by atoms with Gasteiger partial charge in [0.15, 0.2) is 5.82 Å². The van der Waals surface area contributed by atoms with Gasteiger partial charge in [0.1, 0.15) is 0 Å². The highest BCUT2D eigenvalue weighted by Crippen LogP contribution is 2.26. The van der Waals surface area contributed by atoms with E-state index in [2.05, 4.69) is 45.0 Å². The summed E-state index contributed by atoms with van der Waals surface area (Å²) in [6, 6.07) is 14.8. The zero-order valence-electron chi connectivity index (χ0n) is 13.0. The van der Waals surface area contributed by atoms with Gasteiger partial charge < -0.3 is 0 Å². The second-order valence-corrected chi connectivity index (χ2v) is 5.94. The molecule has 2 aromatic carbocycles. The first-order valence-corrected chi connectivity index (χ1v) is 7.40. The number of aryl methyl sites for hydroxylation is 2. The summed E-state index contributed by atoms with van der Waals surface area (Å²) in [6.07, 6.45) is 0. The van der Waals surface area contributed by atoms with E-state index in [1.807, 2.05) is 25.1 Å². The zero-order valence-corrected chi connectivity index (χ0v) is 13.0. The molecule has 2 nitrogen and oxygen atoms in total. The Morgan fingerprint density at radius 1 is 0.905 bits per heavy atom. The molecule has 0 unspecified atom stereocenters. The summed E-state index contributed by atoms with van der Waals surface area (Å²) < 4.78 is 0. The minimum atomic E-state index is 0.505. The highest BCUT2D eigenvalue weighted by atomic mass is 14.9. The van der Waals surface area contributed by atoms with E-state index in [0.717, 1.165) is 28.0 Å². The lowest BCUT2D eigenvalue weighted by molar-refractivity contribution is 0.865. The zero-order chi connectivity index (χ0) is 15.0. The molecule has 0 spiro atoms. The van der Waals surface area contributed by atoms with Crippen molar-refractivity contribution in [1.82, 2.24) is 9.97 Å². The van der Waals surface area contributed by atoms with Crippen molar-refractivity contribution in [2.75, 3.05) is 0 Å². The summed E-state index contributed by atoms with van der Waals surface area (Å²) in [7, 11) is 0. The highest BCUT2D eigenvalue weighted by Gasteiger charge is 2.09. The minimum Gasteiger partial charge on any atom is -0.233 e. The second-order valence-electron chi connectivity index (χ2n) is 5.94. The molecule has 1 heterocycles. The molecule has 0 radical (unpaired) electrons. The van der Waals surface area contributed by atoms with Crippen molar-refractivity contribution in [3.63, 3.8) is 0 Å². The van der Waals surface area contributed by atoms with E-state index in [1.54, 1.807) is 0 Å². The molecular formula is C19H20N2. The Hall–Kier alpha value is -2.22. The van der Waals surface area contributed by atoms with Gasteiger partial charge in [-0.15, -0.1) is 0 Å². The van der Waals surface area contributed by atoms with Gasteiger partial charge in [0.2, 0.25) is 0 Å². The molecule has 3 rings (SSSR count). The lowest BCUT2D eigenvalue weighted by Gasteiger charge is -2.11. The second kappa shape index (κ2) is 5.28. The molecule has 0 saturated heterocycles. The number of benzene rings is 2. The molecule has 0 atom stereocenters. The van der Waals surface area contributed by atoms with Gasteiger partial charge in [0.05, 0.1) is 5.52 Å². The van der Waals surface area contributed by atoms with E-state index in [9.17, 15) is 0 Å². The van der Waals surface area contributed by atoms with E-state index in [-0.39, 0.29) is 0 Å². The first-order valence-electron chi connectivity index (χ1n) is 7.40. The van der Waals surface area contributed by atoms with Crippen LogP contribution < -0.4 is 0 Å². The average molecular weight is 276 g/mol. The first-order chi connectivity index (χ1) is 10.0. The van der Waals surface area contributed by atoms with Gasteiger partial charge >= 0.3 is 0 Å². The van der Waals surface area contributed by atoms with Crippen LogP contribution in [0.25, 0.3) is 22.3 Å². The molecule has 21 heavy (non-hydrogen) atoms. The Morgan fingerprint density at radius 2 is 1.67 bits per heavy atom. The Balaban J connectivity index is 2.20. The van der Waals surface area contributed by atoms with E-state index < -0.39 is 0 Å². The fraction of sp³-hybridized carbons (Fsp3) is 0.263. The number of para-hydroxylation sites is 1. The molecule has 0 aliphatic heterocycles. The van der Waals surface area contributed by atoms with E-state index in [1.165, 1.54) is 11.1 Å². The molecule has 0 bridgehead atoms. The van der Waals surface area contributed by atoms with Crippen LogP contribution in [0.15, 0.2) is 42.5 Å². The number of hydrogen-bond acceptors (Lipinski definition) is 2. The standard InChI is InChI=1S/C19H20N2/c1-12(2)15-9-13(3)10-16(11-15)19-20-14(4)17-7-5-6-8-18(17)21-19/h5-12H,1-4H3. The fourth-order valence-electron chi connectivity index (χ4n) is 2.64. The summed E-state index contributed by atoms with van der Waals surface area (Å²) in [4.78, 5) is 9.44. The van der Waals surface area contributed by atoms with Crippen LogP contribution in [0.1, 0.15) is 36.6 Å². The Kier molecular flexibility index (Phi) is 3.46. The van der Waals surface area contributed by atoms with Crippen LogP contribution in [0.2, 0.25) is 0 Å². The maximum Gasteiger partial charge on any atom is 0.160 e. The predicted octanol–water partition coefficient (Wildman–Crippen LogP) is 5.04. The van der Waals surface area contributed by atoms with Crippen LogP contribution in [0.4, 0.5) is 0 Å². The van der Waals surface area contributed by atoms with Crippen molar-refractivity contribution in [1.29, 1.82) is 0 Å². The first kappa shape index (κ1) is 13.7. The van der Waals surface area contributed by atoms with Gasteiger partial charge in [0, 0.05) is 16.6 Å². The van der Waals surface area contributed by atoms with Gasteiger partial charge in [-0.3, -0.25) is 0 Å². The van der Waals surface area contributed by atoms with Gasteiger partial charge in [-0.1, -0.05) is 43.7 Å². The van der Waals surface area contributed by atoms with Crippen molar-refractivity contribution in [2.45, 2.75) is 33.6 Å². The number of aromatic nitrogens is 2. The van der Waals surface area contributed by atoms with Gasteiger partial charge in [0.25, 0.3) is 0 Å². The third kappa shape index (κ3) is 2.66. The Morgan fingerprint density at radius 3 is 2.43 bits per heavy atom. The van der Waals surface area contributed by atoms with Crippen LogP contribution >= 0.6 is 0 Å². The summed E-state index contributed by atoms with van der Waals surface area (Å²) in [6.45, 7) is 8.60. The van der Waals surface area contributed by atoms with Crippen LogP contribution in [-0.2, 0) is 0 Å². The topological polar surface area (TPSA) is 25.8 Å². The van der Waals surface area contributed by atoms with E-state index in [4.69, 9.17) is 9.97 Å². The van der Waals surface area contributed by atoms with E-state index >= 15 is 0 Å². The SMILES string of the molecule is Cc1cc(-c2nc(C)c3ccccc3n2)cc(C(C)C)c1. The number of hydrogen-bond donors (Lipinski definition) is 0. The number of nitrogens with zero attached hydrogens (tertiary/aromatic N) is 2. The molecule has 3 aromatic rings. The largest absolute Gasteiger partial charge is 0.233 e. The normalized spacial score (nSPS) is 11.3. The van der Waals surface area contributed by atoms with Crippen LogP contribution in [0.5, 0.6) is 0 Å². The van der Waals surface area contributed by atoms with Crippen molar-refractivity contribution in [3.8, 4) is 11.4 Å². The van der Waals surface area contributed by atoms with Crippen molar-refractivity contribution >= 4 is 10.9 Å². The molecule has 0 aliphatic rings. The predicted molar refractivity (Wildman–Crippen MR) is 88.5 cm³/mol. The van der Waals surface area contributed by atoms with Crippen molar-refractivity contribution in [2.24, 2.45) is 0 Å². The lowest BCUT2D eigenvalue weighted by atomic mass is 9.98. The third-order valence-corrected chi connectivity index (χ3v) is 3.82. The molecule has 106 valence electrons. The monoisotopic (exact) mass is 276 g/mol. The Labute approximate surface area is 125 Å². The summed E-state index contributed by atoms with van der Waals surface area (Å²) >= 11 is 0. The quantitative estimate of drug-likeness (QED) is 0.655. The maximum absolute atomic E-state index is 4.74. The summed E-state index contributed by atoms with van der Waals surface area (Å²) in [5.74, 6) is 1.32. The minimum absolute atomic E-state index is 0.505. The maximum atomic E-state index is 4.74. The highest BCUT2D eigenvalue weighted by molar-refractivity contribution is 5.82. The van der Waals surface area contributed by atoms with Crippen LogP contribution in [0.3, 0.4) is 0 Å². The molecule has 2 heteroatoms. The number of rotatable bonds is 2.